The lowest BCUT2D eigenvalue weighted by Gasteiger charge is -2.19. The molecule has 11 aromatic rings. The third-order valence-electron chi connectivity index (χ3n) is 8.12. The van der Waals surface area contributed by atoms with E-state index >= 15 is 0 Å². The number of benzene rings is 5. The van der Waals surface area contributed by atoms with Crippen LogP contribution in [0.3, 0.4) is 0 Å². The van der Waals surface area contributed by atoms with Crippen LogP contribution in [-0.2, 0) is 0 Å². The second-order valence-corrected chi connectivity index (χ2v) is 11.5. The molecule has 0 N–H and O–H groups in total. The summed E-state index contributed by atoms with van der Waals surface area (Å²) in [6, 6.07) is 16.7. The van der Waals surface area contributed by atoms with Crippen molar-refractivity contribution in [2.45, 2.75) is 0 Å². The second kappa shape index (κ2) is 5.49. The Morgan fingerprint density at radius 1 is 0.447 bits per heavy atom. The summed E-state index contributed by atoms with van der Waals surface area (Å²) in [5, 5.41) is 27.8. The summed E-state index contributed by atoms with van der Waals surface area (Å²) in [4.78, 5) is 27.0. The molecule has 0 aliphatic rings. The molecule has 11 rings (SSSR count). The van der Waals surface area contributed by atoms with E-state index in [1.807, 2.05) is 21.2 Å². The predicted octanol–water partition coefficient (Wildman–Crippen LogP) is 4.35. The van der Waals surface area contributed by atoms with Crippen LogP contribution in [0.25, 0.3) is 86.1 Å². The quantitative estimate of drug-likeness (QED) is 0.214. The monoisotopic (exact) mass is 528 g/mol. The Balaban J connectivity index is 1.49. The maximum Gasteiger partial charge on any atom is 0.330 e. The van der Waals surface area contributed by atoms with Gasteiger partial charge in [0.25, 0.3) is 0 Å². The summed E-state index contributed by atoms with van der Waals surface area (Å²) in [5.41, 5.74) is 3.01. The van der Waals surface area contributed by atoms with Crippen molar-refractivity contribution in [1.82, 2.24) is 38.5 Å². The summed E-state index contributed by atoms with van der Waals surface area (Å²) < 4.78 is 6.98. The van der Waals surface area contributed by atoms with Crippen LogP contribution >= 0.6 is 22.7 Å². The lowest BCUT2D eigenvalue weighted by molar-refractivity contribution is 0.881. The number of hydrogen-bond donors (Lipinski definition) is 0. The van der Waals surface area contributed by atoms with Crippen LogP contribution in [0.5, 0.6) is 0 Å². The molecule has 0 fully saturated rings. The highest BCUT2D eigenvalue weighted by Crippen LogP contribution is 2.46. The van der Waals surface area contributed by atoms with E-state index in [1.165, 1.54) is 0 Å². The van der Waals surface area contributed by atoms with Crippen molar-refractivity contribution >= 4 is 109 Å². The normalized spacial score (nSPS) is 13.5. The van der Waals surface area contributed by atoms with E-state index in [0.29, 0.717) is 21.2 Å². The summed E-state index contributed by atoms with van der Waals surface area (Å²) in [7, 11) is 0. The fourth-order valence-corrected chi connectivity index (χ4v) is 8.27. The fraction of sp³-hybridized carbons (Fsp3) is 0. The molecule has 38 heavy (non-hydrogen) atoms. The Hall–Kier alpha value is -4.94. The molecule has 6 aromatic heterocycles. The zero-order chi connectivity index (χ0) is 24.6. The van der Waals surface area contributed by atoms with Gasteiger partial charge in [0, 0.05) is 32.3 Å². The maximum atomic E-state index is 13.0. The van der Waals surface area contributed by atoms with E-state index in [2.05, 4.69) is 56.8 Å². The summed E-state index contributed by atoms with van der Waals surface area (Å²) >= 11 is 2.19. The van der Waals surface area contributed by atoms with Crippen molar-refractivity contribution in [3.63, 3.8) is 0 Å². The molecule has 0 radical (unpaired) electrons. The smallest absolute Gasteiger partial charge is 0.255 e. The Morgan fingerprint density at radius 3 is 1.29 bits per heavy atom. The average Bonchev–Trinajstić information content (AvgIpc) is 3.69. The molecule has 0 unspecified atom stereocenters. The first-order chi connectivity index (χ1) is 18.7. The highest BCUT2D eigenvalue weighted by Gasteiger charge is 2.25. The largest absolute Gasteiger partial charge is 0.330 e. The predicted molar refractivity (Wildman–Crippen MR) is 148 cm³/mol. The van der Waals surface area contributed by atoms with Crippen molar-refractivity contribution in [2.24, 2.45) is 0 Å². The Labute approximate surface area is 214 Å². The minimum absolute atomic E-state index is 0.0890. The lowest BCUT2D eigenvalue weighted by Crippen LogP contribution is -2.12. The number of hydrogen-bond acceptors (Lipinski definition) is 8. The van der Waals surface area contributed by atoms with Gasteiger partial charge in [-0.2, -0.15) is 18.1 Å². The molecule has 176 valence electrons. The van der Waals surface area contributed by atoms with Gasteiger partial charge in [0.2, 0.25) is 9.92 Å². The van der Waals surface area contributed by atoms with Gasteiger partial charge in [-0.05, 0) is 68.5 Å². The Morgan fingerprint density at radius 2 is 0.842 bits per heavy atom. The zero-order valence-electron chi connectivity index (χ0n) is 18.8. The third-order valence-corrected chi connectivity index (χ3v) is 9.69. The van der Waals surface area contributed by atoms with Gasteiger partial charge in [0.05, 0.1) is 11.0 Å². The molecule has 0 spiro atoms. The number of aromatic nitrogens is 8. The van der Waals surface area contributed by atoms with Gasteiger partial charge in [-0.15, -0.1) is 20.4 Å². The highest BCUT2D eigenvalue weighted by atomic mass is 32.1. The van der Waals surface area contributed by atoms with Crippen LogP contribution < -0.4 is 9.75 Å². The Kier molecular flexibility index (Phi) is 2.65. The average molecular weight is 529 g/mol. The second-order valence-electron chi connectivity index (χ2n) is 9.68. The van der Waals surface area contributed by atoms with E-state index in [-0.39, 0.29) is 9.75 Å². The van der Waals surface area contributed by atoms with Gasteiger partial charge in [-0.25, -0.2) is 0 Å². The fourth-order valence-electron chi connectivity index (χ4n) is 6.75. The maximum absolute atomic E-state index is 13.0. The molecular weight excluding hydrogens is 520 g/mol. The molecular formula is C26H8N8O2S2. The first kappa shape index (κ1) is 18.3. The molecule has 0 bridgehead atoms. The van der Waals surface area contributed by atoms with Crippen LogP contribution in [0.4, 0.5) is 0 Å². The molecule has 10 nitrogen and oxygen atoms in total. The lowest BCUT2D eigenvalue weighted by atomic mass is 9.87. The van der Waals surface area contributed by atoms with Gasteiger partial charge in [0.1, 0.15) is 0 Å². The summed E-state index contributed by atoms with van der Waals surface area (Å²) in [5.74, 6) is 0. The van der Waals surface area contributed by atoms with Gasteiger partial charge in [0.15, 0.2) is 11.3 Å². The van der Waals surface area contributed by atoms with Crippen LogP contribution in [0.2, 0.25) is 0 Å². The SMILES string of the molecule is O=c1sc2nnc3c4ccc5c6ccc7c8c(ccc(c9ccc(c4c59)n1n23)c68)c1nnc2sc(=O)n7n21. The van der Waals surface area contributed by atoms with Crippen molar-refractivity contribution < 1.29 is 0 Å². The van der Waals surface area contributed by atoms with E-state index in [9.17, 15) is 9.59 Å². The van der Waals surface area contributed by atoms with Gasteiger partial charge < -0.3 is 0 Å². The summed E-state index contributed by atoms with van der Waals surface area (Å²) in [6.07, 6.45) is 0. The minimum Gasteiger partial charge on any atom is -0.255 e. The van der Waals surface area contributed by atoms with Gasteiger partial charge >= 0.3 is 9.75 Å². The van der Waals surface area contributed by atoms with E-state index in [4.69, 9.17) is 0 Å². The summed E-state index contributed by atoms with van der Waals surface area (Å²) in [6.45, 7) is 0. The van der Waals surface area contributed by atoms with Crippen LogP contribution in [-0.4, -0.2) is 38.5 Å². The Bertz CT molecular complexity index is 2730. The first-order valence-corrected chi connectivity index (χ1v) is 13.5. The number of fused-ring (bicyclic) bond motifs is 6. The third kappa shape index (κ3) is 1.68. The van der Waals surface area contributed by atoms with Gasteiger partial charge in [-0.1, -0.05) is 24.3 Å². The van der Waals surface area contributed by atoms with Crippen molar-refractivity contribution in [1.29, 1.82) is 0 Å². The molecule has 0 saturated heterocycles. The van der Waals surface area contributed by atoms with Gasteiger partial charge in [-0.3, -0.25) is 9.59 Å². The first-order valence-electron chi connectivity index (χ1n) is 11.9. The van der Waals surface area contributed by atoms with E-state index in [1.54, 1.807) is 9.03 Å². The van der Waals surface area contributed by atoms with E-state index in [0.717, 1.165) is 87.6 Å². The van der Waals surface area contributed by atoms with Crippen molar-refractivity contribution in [3.8, 4) is 0 Å². The van der Waals surface area contributed by atoms with Crippen LogP contribution in [0.15, 0.2) is 58.1 Å². The topological polar surface area (TPSA) is 103 Å². The van der Waals surface area contributed by atoms with E-state index < -0.39 is 0 Å². The standard InChI is InChI=1S/C26H8N8O2S2/c35-25-31-15-8-6-12-10-2-4-14-20-16(32-26(36)38-24-30-28-22(14)34(24)32)7-5-11(18(10)20)9-1-3-13(19(15)17(9)12)21-27-29-23(37-25)33(21)31/h1-8H. The van der Waals surface area contributed by atoms with Crippen molar-refractivity contribution in [2.75, 3.05) is 0 Å². The number of rotatable bonds is 0. The van der Waals surface area contributed by atoms with Crippen LogP contribution in [0.1, 0.15) is 0 Å². The molecule has 12 heteroatoms. The molecule has 0 aliphatic carbocycles. The van der Waals surface area contributed by atoms with Crippen molar-refractivity contribution in [3.05, 3.63) is 67.9 Å². The molecule has 5 aromatic carbocycles. The number of nitrogens with zero attached hydrogens (tertiary/aromatic N) is 8. The molecule has 0 saturated carbocycles. The molecule has 0 amide bonds. The molecule has 6 heterocycles. The molecule has 0 atom stereocenters. The molecule has 0 aliphatic heterocycles. The minimum atomic E-state index is -0.0890. The zero-order valence-corrected chi connectivity index (χ0v) is 20.5. The highest BCUT2D eigenvalue weighted by molar-refractivity contribution is 7.14. The van der Waals surface area contributed by atoms with Crippen LogP contribution in [0, 0.1) is 0 Å².